The minimum atomic E-state index is -2.88. The van der Waals surface area contributed by atoms with Gasteiger partial charge in [0, 0.05) is 18.6 Å². The fourth-order valence-corrected chi connectivity index (χ4v) is 5.39. The molecule has 0 aromatic rings. The number of piperidine rings is 1. The third-order valence-corrected chi connectivity index (χ3v) is 7.18. The molecule has 0 aromatic heterocycles. The molecule has 2 rings (SSSR count). The Morgan fingerprint density at radius 2 is 1.88 bits per heavy atom. The first-order valence-electron chi connectivity index (χ1n) is 9.80. The first-order chi connectivity index (χ1) is 11.8. The van der Waals surface area contributed by atoms with E-state index in [1.54, 1.807) is 0 Å². The van der Waals surface area contributed by atoms with Gasteiger partial charge in [-0.15, -0.1) is 24.0 Å². The van der Waals surface area contributed by atoms with Crippen LogP contribution in [0.3, 0.4) is 0 Å². The fourth-order valence-electron chi connectivity index (χ4n) is 3.72. The third-order valence-electron chi connectivity index (χ3n) is 5.41. The molecule has 2 N–H and O–H groups in total. The summed E-state index contributed by atoms with van der Waals surface area (Å²) in [4.78, 5) is 7.38. The number of hydrogen-bond donors (Lipinski definition) is 2. The van der Waals surface area contributed by atoms with Crippen LogP contribution in [0, 0.1) is 11.8 Å². The standard InChI is InChI=1S/C18H36N4O2S.HI/c1-5-19-18(21-16-8-11-25(23,24)13-16)20-12-17(14(2)3)22-9-6-15(4)7-10-22;/h14-17H,5-13H2,1-4H3,(H2,19,20,21);1H. The first kappa shape index (κ1) is 23.9. The second-order valence-electron chi connectivity index (χ2n) is 7.99. The molecule has 0 amide bonds. The summed E-state index contributed by atoms with van der Waals surface area (Å²) in [6.07, 6.45) is 3.21. The molecule has 6 nitrogen and oxygen atoms in total. The van der Waals surface area contributed by atoms with E-state index in [0.29, 0.717) is 18.4 Å². The van der Waals surface area contributed by atoms with Gasteiger partial charge >= 0.3 is 0 Å². The number of guanidine groups is 1. The van der Waals surface area contributed by atoms with Gasteiger partial charge < -0.3 is 10.6 Å². The van der Waals surface area contributed by atoms with Crippen molar-refractivity contribution in [2.75, 3.05) is 37.7 Å². The van der Waals surface area contributed by atoms with Gasteiger partial charge in [-0.1, -0.05) is 20.8 Å². The number of sulfone groups is 1. The summed E-state index contributed by atoms with van der Waals surface area (Å²) in [5, 5.41) is 6.58. The molecular weight excluding hydrogens is 463 g/mol. The Kier molecular flexibility index (Phi) is 10.2. The maximum Gasteiger partial charge on any atom is 0.191 e. The SMILES string of the molecule is CCNC(=NCC(C(C)C)N1CCC(C)CC1)NC1CCS(=O)(=O)C1.I. The van der Waals surface area contributed by atoms with Crippen LogP contribution in [0.15, 0.2) is 4.99 Å². The highest BCUT2D eigenvalue weighted by molar-refractivity contribution is 14.0. The minimum absolute atomic E-state index is 0. The van der Waals surface area contributed by atoms with Gasteiger partial charge in [-0.25, -0.2) is 8.42 Å². The largest absolute Gasteiger partial charge is 0.357 e. The molecule has 2 saturated heterocycles. The molecule has 2 heterocycles. The smallest absolute Gasteiger partial charge is 0.191 e. The van der Waals surface area contributed by atoms with E-state index in [1.165, 1.54) is 12.8 Å². The van der Waals surface area contributed by atoms with Crippen LogP contribution in [-0.2, 0) is 9.84 Å². The number of aliphatic imine (C=N–C) groups is 1. The third kappa shape index (κ3) is 7.50. The van der Waals surface area contributed by atoms with E-state index in [9.17, 15) is 8.42 Å². The molecule has 2 aliphatic rings. The molecule has 0 aromatic carbocycles. The summed E-state index contributed by atoms with van der Waals surface area (Å²) >= 11 is 0. The zero-order chi connectivity index (χ0) is 18.4. The lowest BCUT2D eigenvalue weighted by atomic mass is 9.94. The van der Waals surface area contributed by atoms with Crippen LogP contribution in [-0.4, -0.2) is 69.0 Å². The van der Waals surface area contributed by atoms with Crippen molar-refractivity contribution in [3.05, 3.63) is 0 Å². The van der Waals surface area contributed by atoms with Crippen molar-refractivity contribution in [1.29, 1.82) is 0 Å². The van der Waals surface area contributed by atoms with E-state index < -0.39 is 9.84 Å². The molecule has 0 aliphatic carbocycles. The average Bonchev–Trinajstić information content (AvgIpc) is 2.88. The number of nitrogens with one attached hydrogen (secondary N) is 2. The van der Waals surface area contributed by atoms with Gasteiger partial charge in [0.15, 0.2) is 15.8 Å². The van der Waals surface area contributed by atoms with Crippen LogP contribution in [0.25, 0.3) is 0 Å². The molecule has 2 unspecified atom stereocenters. The molecule has 154 valence electrons. The Hall–Kier alpha value is -0.0900. The molecule has 2 aliphatic heterocycles. The van der Waals surface area contributed by atoms with E-state index >= 15 is 0 Å². The summed E-state index contributed by atoms with van der Waals surface area (Å²) in [7, 11) is -2.88. The summed E-state index contributed by atoms with van der Waals surface area (Å²) < 4.78 is 23.3. The Balaban J connectivity index is 0.00000338. The van der Waals surface area contributed by atoms with E-state index in [0.717, 1.165) is 38.1 Å². The van der Waals surface area contributed by atoms with Gasteiger partial charge in [-0.05, 0) is 51.1 Å². The van der Waals surface area contributed by atoms with Crippen molar-refractivity contribution in [3.8, 4) is 0 Å². The lowest BCUT2D eigenvalue weighted by Crippen LogP contribution is -2.47. The van der Waals surface area contributed by atoms with Crippen LogP contribution in [0.2, 0.25) is 0 Å². The number of hydrogen-bond acceptors (Lipinski definition) is 4. The van der Waals surface area contributed by atoms with E-state index in [4.69, 9.17) is 4.99 Å². The van der Waals surface area contributed by atoms with Crippen LogP contribution in [0.5, 0.6) is 0 Å². The van der Waals surface area contributed by atoms with Gasteiger partial charge in [0.2, 0.25) is 0 Å². The number of nitrogens with zero attached hydrogens (tertiary/aromatic N) is 2. The fraction of sp³-hybridized carbons (Fsp3) is 0.944. The quantitative estimate of drug-likeness (QED) is 0.332. The van der Waals surface area contributed by atoms with E-state index in [-0.39, 0.29) is 41.5 Å². The van der Waals surface area contributed by atoms with Crippen molar-refractivity contribution < 1.29 is 8.42 Å². The van der Waals surface area contributed by atoms with Crippen molar-refractivity contribution in [2.24, 2.45) is 16.8 Å². The molecule has 26 heavy (non-hydrogen) atoms. The predicted molar refractivity (Wildman–Crippen MR) is 120 cm³/mol. The number of halogens is 1. The molecule has 0 saturated carbocycles. The molecule has 8 heteroatoms. The molecule has 0 bridgehead atoms. The summed E-state index contributed by atoms with van der Waals surface area (Å²) in [6, 6.07) is 0.423. The predicted octanol–water partition coefficient (Wildman–Crippen LogP) is 2.10. The van der Waals surface area contributed by atoms with Gasteiger partial charge in [0.1, 0.15) is 0 Å². The lowest BCUT2D eigenvalue weighted by molar-refractivity contribution is 0.113. The summed E-state index contributed by atoms with van der Waals surface area (Å²) in [6.45, 7) is 12.7. The maximum absolute atomic E-state index is 11.7. The highest BCUT2D eigenvalue weighted by atomic mass is 127. The molecule has 0 radical (unpaired) electrons. The number of rotatable bonds is 6. The van der Waals surface area contributed by atoms with Crippen molar-refractivity contribution >= 4 is 39.8 Å². The van der Waals surface area contributed by atoms with Crippen molar-refractivity contribution in [2.45, 2.75) is 59.0 Å². The van der Waals surface area contributed by atoms with E-state index in [1.807, 2.05) is 6.92 Å². The number of likely N-dealkylation sites (tertiary alicyclic amines) is 1. The average molecular weight is 500 g/mol. The molecule has 2 atom stereocenters. The normalized spacial score (nSPS) is 25.7. The monoisotopic (exact) mass is 500 g/mol. The highest BCUT2D eigenvalue weighted by Crippen LogP contribution is 2.21. The Morgan fingerprint density at radius 1 is 1.23 bits per heavy atom. The van der Waals surface area contributed by atoms with Crippen LogP contribution in [0.4, 0.5) is 0 Å². The summed E-state index contributed by atoms with van der Waals surface area (Å²) in [5.41, 5.74) is 0. The summed E-state index contributed by atoms with van der Waals surface area (Å²) in [5.74, 6) is 2.63. The van der Waals surface area contributed by atoms with Gasteiger partial charge in [-0.3, -0.25) is 9.89 Å². The Bertz CT molecular complexity index is 545. The molecular formula is C18H37IN4O2S. The van der Waals surface area contributed by atoms with Gasteiger partial charge in [0.05, 0.1) is 18.1 Å². The topological polar surface area (TPSA) is 73.8 Å². The maximum atomic E-state index is 11.7. The second kappa shape index (κ2) is 11.0. The Morgan fingerprint density at radius 3 is 2.38 bits per heavy atom. The lowest BCUT2D eigenvalue weighted by Gasteiger charge is -2.38. The van der Waals surface area contributed by atoms with E-state index in [2.05, 4.69) is 36.3 Å². The Labute approximate surface area is 176 Å². The first-order valence-corrected chi connectivity index (χ1v) is 11.6. The minimum Gasteiger partial charge on any atom is -0.357 e. The van der Waals surface area contributed by atoms with Gasteiger partial charge in [-0.2, -0.15) is 0 Å². The zero-order valence-electron chi connectivity index (χ0n) is 16.7. The molecule has 0 spiro atoms. The van der Waals surface area contributed by atoms with Gasteiger partial charge in [0.25, 0.3) is 0 Å². The highest BCUT2D eigenvalue weighted by Gasteiger charge is 2.29. The van der Waals surface area contributed by atoms with Crippen molar-refractivity contribution in [1.82, 2.24) is 15.5 Å². The molecule has 2 fully saturated rings. The van der Waals surface area contributed by atoms with Crippen LogP contribution in [0.1, 0.15) is 47.0 Å². The second-order valence-corrected chi connectivity index (χ2v) is 10.2. The zero-order valence-corrected chi connectivity index (χ0v) is 19.8. The van der Waals surface area contributed by atoms with Crippen LogP contribution < -0.4 is 10.6 Å². The van der Waals surface area contributed by atoms with Crippen LogP contribution >= 0.6 is 24.0 Å². The van der Waals surface area contributed by atoms with Crippen molar-refractivity contribution in [3.63, 3.8) is 0 Å².